The SMILES string of the molecule is CCc1cc(CC)cc(P(c2cc(CC)cc(CC)c2)C(c2ccccc2)C(C(C)C)C(c2ccccc2)P(c2cc(CC)cc(CC)c2)c2cc(CC)cc(CC)c2)c1. The van der Waals surface area contributed by atoms with E-state index in [0.717, 1.165) is 51.4 Å². The van der Waals surface area contributed by atoms with Crippen molar-refractivity contribution >= 4 is 37.1 Å². The lowest BCUT2D eigenvalue weighted by Crippen LogP contribution is -2.33. The fourth-order valence-corrected chi connectivity index (χ4v) is 16.5. The van der Waals surface area contributed by atoms with Crippen LogP contribution >= 0.6 is 15.8 Å². The zero-order chi connectivity index (χ0) is 42.8. The molecule has 0 amide bonds. The number of aryl methyl sites for hydroxylation is 8. The molecule has 0 heterocycles. The number of hydrogen-bond acceptors (Lipinski definition) is 0. The third-order valence-corrected chi connectivity index (χ3v) is 18.5. The predicted octanol–water partition coefficient (Wildman–Crippen LogP) is 14.5. The van der Waals surface area contributed by atoms with Crippen LogP contribution in [0.3, 0.4) is 0 Å². The highest BCUT2D eigenvalue weighted by molar-refractivity contribution is 7.74. The van der Waals surface area contributed by atoms with E-state index in [1.807, 2.05) is 0 Å². The monoisotopic (exact) mass is 831 g/mol. The first kappa shape index (κ1) is 45.7. The Morgan fingerprint density at radius 2 is 0.533 bits per heavy atom. The maximum atomic E-state index is 2.61. The van der Waals surface area contributed by atoms with Crippen molar-refractivity contribution in [2.45, 2.75) is 132 Å². The lowest BCUT2D eigenvalue weighted by molar-refractivity contribution is 0.362. The van der Waals surface area contributed by atoms with Gasteiger partial charge < -0.3 is 0 Å². The molecule has 6 aromatic carbocycles. The lowest BCUT2D eigenvalue weighted by Gasteiger charge is -2.45. The van der Waals surface area contributed by atoms with Gasteiger partial charge in [-0.3, -0.25) is 0 Å². The molecule has 60 heavy (non-hydrogen) atoms. The van der Waals surface area contributed by atoms with Crippen molar-refractivity contribution in [2.24, 2.45) is 11.8 Å². The Morgan fingerprint density at radius 3 is 0.717 bits per heavy atom. The van der Waals surface area contributed by atoms with Gasteiger partial charge in [0.1, 0.15) is 0 Å². The van der Waals surface area contributed by atoms with E-state index >= 15 is 0 Å². The molecule has 0 saturated carbocycles. The van der Waals surface area contributed by atoms with E-state index in [2.05, 4.69) is 203 Å². The molecule has 0 saturated heterocycles. The fraction of sp³-hybridized carbons (Fsp3) is 0.379. The molecule has 0 aliphatic carbocycles. The fourth-order valence-electron chi connectivity index (χ4n) is 9.39. The van der Waals surface area contributed by atoms with Crippen LogP contribution in [0.15, 0.2) is 133 Å². The van der Waals surface area contributed by atoms with Gasteiger partial charge in [0.25, 0.3) is 0 Å². The summed E-state index contributed by atoms with van der Waals surface area (Å²) in [7, 11) is -1.72. The summed E-state index contributed by atoms with van der Waals surface area (Å²) in [5.74, 6) is 0.721. The van der Waals surface area contributed by atoms with Gasteiger partial charge in [-0.1, -0.05) is 203 Å². The van der Waals surface area contributed by atoms with Crippen molar-refractivity contribution in [1.29, 1.82) is 0 Å². The van der Waals surface area contributed by atoms with Crippen molar-refractivity contribution in [3.63, 3.8) is 0 Å². The topological polar surface area (TPSA) is 0 Å². The first-order valence-electron chi connectivity index (χ1n) is 23.4. The van der Waals surface area contributed by atoms with Gasteiger partial charge >= 0.3 is 0 Å². The van der Waals surface area contributed by atoms with E-state index in [1.54, 1.807) is 0 Å². The lowest BCUT2D eigenvalue weighted by atomic mass is 9.83. The molecule has 6 aromatic rings. The summed E-state index contributed by atoms with van der Waals surface area (Å²) < 4.78 is 0. The van der Waals surface area contributed by atoms with Crippen LogP contribution in [-0.4, -0.2) is 0 Å². The van der Waals surface area contributed by atoms with Crippen LogP contribution in [0.2, 0.25) is 0 Å². The average molecular weight is 831 g/mol. The van der Waals surface area contributed by atoms with Crippen LogP contribution < -0.4 is 21.2 Å². The molecule has 0 spiro atoms. The Hall–Kier alpha value is -3.82. The molecule has 314 valence electrons. The standard InChI is InChI=1S/C58H72P2/c1-11-42-29-43(12-2)34-52(33-42)59(53-35-44(13-3)30-45(14-4)36-53)57(50-25-21-19-22-26-50)56(41(9)10)58(51-27-23-20-24-28-51)60(54-37-46(15-5)31-47(16-6)38-54)55-39-48(17-7)32-49(18-8)40-55/h19-41,56-58H,11-18H2,1-10H3. The highest BCUT2D eigenvalue weighted by Crippen LogP contribution is 2.65. The zero-order valence-corrected chi connectivity index (χ0v) is 40.4. The molecule has 0 nitrogen and oxygen atoms in total. The molecule has 0 fully saturated rings. The first-order chi connectivity index (χ1) is 29.2. The van der Waals surface area contributed by atoms with Gasteiger partial charge in [0.05, 0.1) is 0 Å². The molecule has 0 aliphatic rings. The molecule has 0 bridgehead atoms. The van der Waals surface area contributed by atoms with Crippen LogP contribution in [0.5, 0.6) is 0 Å². The summed E-state index contributed by atoms with van der Waals surface area (Å²) in [6.07, 6.45) is 8.35. The van der Waals surface area contributed by atoms with Crippen LogP contribution in [0.25, 0.3) is 0 Å². The molecule has 2 heteroatoms. The highest BCUT2D eigenvalue weighted by Gasteiger charge is 2.44. The summed E-state index contributed by atoms with van der Waals surface area (Å²) in [4.78, 5) is 0. The van der Waals surface area contributed by atoms with Crippen LogP contribution in [0, 0.1) is 11.8 Å². The van der Waals surface area contributed by atoms with E-state index in [1.165, 1.54) is 76.9 Å². The summed E-state index contributed by atoms with van der Waals surface area (Å²) >= 11 is 0. The van der Waals surface area contributed by atoms with Gasteiger partial charge in [-0.2, -0.15) is 0 Å². The number of benzene rings is 6. The third-order valence-electron chi connectivity index (χ3n) is 12.9. The van der Waals surface area contributed by atoms with Crippen LogP contribution in [0.1, 0.15) is 136 Å². The molecular formula is C58H72P2. The minimum Gasteiger partial charge on any atom is -0.0624 e. The Labute approximate surface area is 368 Å². The van der Waals surface area contributed by atoms with Gasteiger partial charge in [-0.15, -0.1) is 0 Å². The molecule has 0 aliphatic heterocycles. The Bertz CT molecular complexity index is 1910. The predicted molar refractivity (Wildman–Crippen MR) is 270 cm³/mol. The largest absolute Gasteiger partial charge is 0.0624 e. The second-order valence-electron chi connectivity index (χ2n) is 17.1. The summed E-state index contributed by atoms with van der Waals surface area (Å²) in [5.41, 5.74) is 15.2. The van der Waals surface area contributed by atoms with Gasteiger partial charge in [0.2, 0.25) is 0 Å². The molecular weight excluding hydrogens is 759 g/mol. The second-order valence-corrected chi connectivity index (χ2v) is 21.8. The van der Waals surface area contributed by atoms with Crippen LogP contribution in [0.4, 0.5) is 0 Å². The maximum absolute atomic E-state index is 2.61. The van der Waals surface area contributed by atoms with Crippen molar-refractivity contribution < 1.29 is 0 Å². The van der Waals surface area contributed by atoms with Gasteiger partial charge in [0, 0.05) is 11.3 Å². The molecule has 0 aromatic heterocycles. The highest BCUT2D eigenvalue weighted by atomic mass is 31.1. The van der Waals surface area contributed by atoms with E-state index in [0.29, 0.717) is 11.8 Å². The van der Waals surface area contributed by atoms with Crippen molar-refractivity contribution in [1.82, 2.24) is 0 Å². The quantitative estimate of drug-likeness (QED) is 0.0714. The molecule has 2 unspecified atom stereocenters. The van der Waals surface area contributed by atoms with E-state index in [9.17, 15) is 0 Å². The van der Waals surface area contributed by atoms with Gasteiger partial charge in [-0.05, 0) is 156 Å². The van der Waals surface area contributed by atoms with E-state index in [-0.39, 0.29) is 11.3 Å². The summed E-state index contributed by atoms with van der Waals surface area (Å²) in [5, 5.41) is 6.15. The number of rotatable bonds is 19. The average Bonchev–Trinajstić information content (AvgIpc) is 3.30. The summed E-state index contributed by atoms with van der Waals surface area (Å²) in [6, 6.07) is 54.4. The van der Waals surface area contributed by atoms with Crippen molar-refractivity contribution in [3.8, 4) is 0 Å². The third kappa shape index (κ3) is 10.6. The van der Waals surface area contributed by atoms with Crippen molar-refractivity contribution in [3.05, 3.63) is 189 Å². The van der Waals surface area contributed by atoms with Gasteiger partial charge in [-0.25, -0.2) is 0 Å². The molecule has 0 radical (unpaired) electrons. The van der Waals surface area contributed by atoms with E-state index in [4.69, 9.17) is 0 Å². The Balaban J connectivity index is 1.78. The number of hydrogen-bond donors (Lipinski definition) is 0. The Kier molecular flexibility index (Phi) is 16.6. The maximum Gasteiger partial charge on any atom is 0.0162 e. The normalized spacial score (nSPS) is 13.3. The van der Waals surface area contributed by atoms with Crippen molar-refractivity contribution in [2.75, 3.05) is 0 Å². The minimum absolute atomic E-state index is 0.269. The summed E-state index contributed by atoms with van der Waals surface area (Å²) in [6.45, 7) is 23.8. The smallest absolute Gasteiger partial charge is 0.0162 e. The zero-order valence-electron chi connectivity index (χ0n) is 38.6. The minimum atomic E-state index is -0.862. The van der Waals surface area contributed by atoms with E-state index < -0.39 is 15.8 Å². The van der Waals surface area contributed by atoms with Crippen LogP contribution in [-0.2, 0) is 51.4 Å². The Morgan fingerprint density at radius 1 is 0.317 bits per heavy atom. The van der Waals surface area contributed by atoms with Gasteiger partial charge in [0.15, 0.2) is 0 Å². The molecule has 6 rings (SSSR count). The second kappa shape index (κ2) is 21.8. The molecule has 2 atom stereocenters. The molecule has 0 N–H and O–H groups in total. The first-order valence-corrected chi connectivity index (χ1v) is 26.2.